The standard InChI is InChI=1S/C15H20N6O/c22-15-4-3-14(13-1-2-13)18-20(15)11-12-9-19(10-12)7-8-21-16-5-6-17-21/h3-6,12-13H,1-2,7-11H2. The van der Waals surface area contributed by atoms with Crippen LogP contribution < -0.4 is 5.56 Å². The Labute approximate surface area is 128 Å². The number of aromatic nitrogens is 5. The summed E-state index contributed by atoms with van der Waals surface area (Å²) >= 11 is 0. The van der Waals surface area contributed by atoms with Crippen LogP contribution in [0.25, 0.3) is 0 Å². The first-order chi connectivity index (χ1) is 10.8. The molecule has 1 saturated heterocycles. The van der Waals surface area contributed by atoms with E-state index in [1.165, 1.54) is 12.8 Å². The van der Waals surface area contributed by atoms with Crippen LogP contribution in [0.15, 0.2) is 29.3 Å². The highest BCUT2D eigenvalue weighted by Gasteiger charge is 2.29. The van der Waals surface area contributed by atoms with Crippen molar-refractivity contribution >= 4 is 0 Å². The number of hydrogen-bond donors (Lipinski definition) is 0. The lowest BCUT2D eigenvalue weighted by molar-refractivity contribution is 0.0779. The Morgan fingerprint density at radius 1 is 1.09 bits per heavy atom. The summed E-state index contributed by atoms with van der Waals surface area (Å²) in [6, 6.07) is 3.56. The van der Waals surface area contributed by atoms with Gasteiger partial charge in [0.05, 0.1) is 31.2 Å². The van der Waals surface area contributed by atoms with Gasteiger partial charge in [-0.2, -0.15) is 20.1 Å². The van der Waals surface area contributed by atoms with Crippen molar-refractivity contribution < 1.29 is 0 Å². The van der Waals surface area contributed by atoms with Crippen molar-refractivity contribution in [2.75, 3.05) is 19.6 Å². The van der Waals surface area contributed by atoms with E-state index in [0.717, 1.165) is 38.4 Å². The highest BCUT2D eigenvalue weighted by atomic mass is 16.1. The maximum absolute atomic E-state index is 11.9. The molecule has 0 N–H and O–H groups in total. The third-order valence-corrected chi connectivity index (χ3v) is 4.43. The van der Waals surface area contributed by atoms with Crippen LogP contribution in [0.3, 0.4) is 0 Å². The van der Waals surface area contributed by atoms with Gasteiger partial charge >= 0.3 is 0 Å². The quantitative estimate of drug-likeness (QED) is 0.770. The molecule has 2 aliphatic rings. The van der Waals surface area contributed by atoms with E-state index in [9.17, 15) is 4.79 Å². The summed E-state index contributed by atoms with van der Waals surface area (Å²) in [6.45, 7) is 4.53. The van der Waals surface area contributed by atoms with Crippen LogP contribution in [0.1, 0.15) is 24.5 Å². The molecule has 7 heteroatoms. The van der Waals surface area contributed by atoms with Gasteiger partial charge in [-0.15, -0.1) is 0 Å². The zero-order valence-corrected chi connectivity index (χ0v) is 12.5. The molecule has 22 heavy (non-hydrogen) atoms. The molecule has 7 nitrogen and oxygen atoms in total. The van der Waals surface area contributed by atoms with E-state index >= 15 is 0 Å². The van der Waals surface area contributed by atoms with Crippen molar-refractivity contribution in [3.8, 4) is 0 Å². The molecule has 2 aromatic rings. The van der Waals surface area contributed by atoms with Crippen molar-refractivity contribution in [2.24, 2.45) is 5.92 Å². The first-order valence-corrected chi connectivity index (χ1v) is 7.92. The third-order valence-electron chi connectivity index (χ3n) is 4.43. The maximum Gasteiger partial charge on any atom is 0.266 e. The van der Waals surface area contributed by atoms with Gasteiger partial charge in [-0.3, -0.25) is 4.79 Å². The second kappa shape index (κ2) is 5.64. The Hall–Kier alpha value is -2.02. The van der Waals surface area contributed by atoms with E-state index in [-0.39, 0.29) is 5.56 Å². The zero-order chi connectivity index (χ0) is 14.9. The van der Waals surface area contributed by atoms with Gasteiger partial charge in [-0.25, -0.2) is 4.68 Å². The molecule has 0 atom stereocenters. The normalized spacial score (nSPS) is 19.3. The lowest BCUT2D eigenvalue weighted by atomic mass is 10.0. The number of nitrogens with zero attached hydrogens (tertiary/aromatic N) is 6. The Morgan fingerprint density at radius 2 is 1.86 bits per heavy atom. The van der Waals surface area contributed by atoms with Crippen LogP contribution in [0.5, 0.6) is 0 Å². The van der Waals surface area contributed by atoms with Crippen LogP contribution >= 0.6 is 0 Å². The lowest BCUT2D eigenvalue weighted by Gasteiger charge is -2.39. The molecule has 0 amide bonds. The van der Waals surface area contributed by atoms with E-state index in [4.69, 9.17) is 0 Å². The molecule has 116 valence electrons. The van der Waals surface area contributed by atoms with Crippen molar-refractivity contribution in [2.45, 2.75) is 31.8 Å². The van der Waals surface area contributed by atoms with Gasteiger partial charge in [0.1, 0.15) is 0 Å². The minimum absolute atomic E-state index is 0.0172. The van der Waals surface area contributed by atoms with Gasteiger partial charge in [-0.1, -0.05) is 0 Å². The van der Waals surface area contributed by atoms with Crippen LogP contribution in [0.2, 0.25) is 0 Å². The minimum atomic E-state index is 0.0172. The molecule has 2 fully saturated rings. The average Bonchev–Trinajstić information content (AvgIpc) is 3.20. The fourth-order valence-electron chi connectivity index (χ4n) is 3.00. The number of likely N-dealkylation sites (tertiary alicyclic amines) is 1. The largest absolute Gasteiger partial charge is 0.301 e. The van der Waals surface area contributed by atoms with E-state index in [2.05, 4.69) is 20.2 Å². The zero-order valence-electron chi connectivity index (χ0n) is 12.5. The molecule has 0 unspecified atom stereocenters. The molecular weight excluding hydrogens is 280 g/mol. The highest BCUT2D eigenvalue weighted by molar-refractivity contribution is 5.12. The smallest absolute Gasteiger partial charge is 0.266 e. The molecule has 3 heterocycles. The molecular formula is C15H20N6O. The summed E-state index contributed by atoms with van der Waals surface area (Å²) in [5.74, 6) is 1.11. The van der Waals surface area contributed by atoms with Crippen molar-refractivity contribution in [1.29, 1.82) is 0 Å². The summed E-state index contributed by atoms with van der Waals surface area (Å²) < 4.78 is 1.66. The van der Waals surface area contributed by atoms with Crippen molar-refractivity contribution in [1.82, 2.24) is 29.7 Å². The third kappa shape index (κ3) is 2.94. The van der Waals surface area contributed by atoms with Gasteiger partial charge in [-0.05, 0) is 18.9 Å². The van der Waals surface area contributed by atoms with Gasteiger partial charge in [0.25, 0.3) is 5.56 Å². The Balaban J connectivity index is 1.28. The summed E-state index contributed by atoms with van der Waals surface area (Å²) in [5, 5.41) is 12.7. The van der Waals surface area contributed by atoms with Gasteiger partial charge in [0, 0.05) is 37.5 Å². The minimum Gasteiger partial charge on any atom is -0.301 e. The van der Waals surface area contributed by atoms with Crippen LogP contribution in [0.4, 0.5) is 0 Å². The topological polar surface area (TPSA) is 68.8 Å². The molecule has 0 bridgehead atoms. The fraction of sp³-hybridized carbons (Fsp3) is 0.600. The Bertz CT molecular complexity index is 684. The van der Waals surface area contributed by atoms with Crippen molar-refractivity contribution in [3.63, 3.8) is 0 Å². The van der Waals surface area contributed by atoms with E-state index < -0.39 is 0 Å². The Morgan fingerprint density at radius 3 is 2.59 bits per heavy atom. The van der Waals surface area contributed by atoms with E-state index in [1.807, 2.05) is 6.07 Å². The molecule has 0 spiro atoms. The molecule has 4 rings (SSSR count). The summed E-state index contributed by atoms with van der Waals surface area (Å²) in [4.78, 5) is 16.0. The predicted molar refractivity (Wildman–Crippen MR) is 80.4 cm³/mol. The van der Waals surface area contributed by atoms with E-state index in [1.54, 1.807) is 27.9 Å². The first-order valence-electron chi connectivity index (χ1n) is 7.92. The second-order valence-corrected chi connectivity index (χ2v) is 6.30. The number of rotatable bonds is 6. The van der Waals surface area contributed by atoms with Gasteiger partial charge < -0.3 is 4.90 Å². The fourth-order valence-corrected chi connectivity index (χ4v) is 3.00. The van der Waals surface area contributed by atoms with E-state index in [0.29, 0.717) is 11.8 Å². The molecule has 1 aliphatic carbocycles. The summed E-state index contributed by atoms with van der Waals surface area (Å²) in [7, 11) is 0. The molecule has 1 aliphatic heterocycles. The number of hydrogen-bond acceptors (Lipinski definition) is 5. The predicted octanol–water partition coefficient (Wildman–Crippen LogP) is 0.344. The van der Waals surface area contributed by atoms with Crippen molar-refractivity contribution in [3.05, 3.63) is 40.6 Å². The molecule has 2 aromatic heterocycles. The molecule has 1 saturated carbocycles. The average molecular weight is 300 g/mol. The maximum atomic E-state index is 11.9. The monoisotopic (exact) mass is 300 g/mol. The first kappa shape index (κ1) is 13.6. The van der Waals surface area contributed by atoms with Gasteiger partial charge in [0.2, 0.25) is 0 Å². The lowest BCUT2D eigenvalue weighted by Crippen LogP contribution is -2.50. The molecule has 0 radical (unpaired) electrons. The van der Waals surface area contributed by atoms with Crippen LogP contribution in [-0.2, 0) is 13.1 Å². The summed E-state index contributed by atoms with van der Waals surface area (Å²) in [5.41, 5.74) is 1.10. The highest BCUT2D eigenvalue weighted by Crippen LogP contribution is 2.38. The second-order valence-electron chi connectivity index (χ2n) is 6.30. The van der Waals surface area contributed by atoms with Gasteiger partial charge in [0.15, 0.2) is 0 Å². The van der Waals surface area contributed by atoms with Crippen LogP contribution in [0, 0.1) is 5.92 Å². The summed E-state index contributed by atoms with van der Waals surface area (Å²) in [6.07, 6.45) is 5.82. The van der Waals surface area contributed by atoms with Crippen LogP contribution in [-0.4, -0.2) is 49.3 Å². The Kier molecular flexibility index (Phi) is 3.49. The SMILES string of the molecule is O=c1ccc(C2CC2)nn1CC1CN(CCn2nccn2)C1. The molecule has 0 aromatic carbocycles.